The Morgan fingerprint density at radius 3 is 2.35 bits per heavy atom. The molecular weight excluding hydrogens is 244 g/mol. The molecule has 1 rings (SSSR count). The van der Waals surface area contributed by atoms with Gasteiger partial charge in [-0.3, -0.25) is 0 Å². The summed E-state index contributed by atoms with van der Waals surface area (Å²) in [4.78, 5) is 3.91. The van der Waals surface area contributed by atoms with E-state index < -0.39 is 10.0 Å². The Morgan fingerprint density at radius 1 is 1.24 bits per heavy atom. The molecule has 0 aliphatic heterocycles. The molecule has 0 amide bonds. The lowest BCUT2D eigenvalue weighted by Gasteiger charge is -2.12. The van der Waals surface area contributed by atoms with Crippen LogP contribution in [0.25, 0.3) is 0 Å². The van der Waals surface area contributed by atoms with E-state index in [1.807, 2.05) is 0 Å². The molecule has 17 heavy (non-hydrogen) atoms. The topological polar surface area (TPSA) is 77.5 Å². The molecule has 0 bridgehead atoms. The maximum atomic E-state index is 12.0. The summed E-state index contributed by atoms with van der Waals surface area (Å²) >= 11 is 0. The molecule has 1 aromatic heterocycles. The number of rotatable bonds is 5. The molecule has 1 heterocycles. The monoisotopic (exact) mass is 260 g/mol. The van der Waals surface area contributed by atoms with E-state index in [-0.39, 0.29) is 16.8 Å². The van der Waals surface area contributed by atoms with Crippen molar-refractivity contribution < 1.29 is 17.9 Å². The summed E-state index contributed by atoms with van der Waals surface area (Å²) in [6, 6.07) is 2.67. The van der Waals surface area contributed by atoms with Crippen molar-refractivity contribution in [2.24, 2.45) is 0 Å². The third kappa shape index (κ3) is 3.31. The molecule has 1 N–H and O–H groups in total. The predicted molar refractivity (Wildman–Crippen MR) is 62.8 cm³/mol. The summed E-state index contributed by atoms with van der Waals surface area (Å²) in [6.45, 7) is 3.47. The fourth-order valence-electron chi connectivity index (χ4n) is 1.25. The number of aromatic nitrogens is 1. The Kier molecular flexibility index (Phi) is 4.30. The second-order valence-corrected chi connectivity index (χ2v) is 5.32. The summed E-state index contributed by atoms with van der Waals surface area (Å²) < 4.78 is 36.2. The maximum Gasteiger partial charge on any atom is 0.246 e. The first-order valence-corrected chi connectivity index (χ1v) is 6.50. The van der Waals surface area contributed by atoms with Gasteiger partial charge in [0.15, 0.2) is 0 Å². The Labute approximate surface area is 101 Å². The quantitative estimate of drug-likeness (QED) is 0.846. The molecule has 0 atom stereocenters. The van der Waals surface area contributed by atoms with Crippen LogP contribution in [0.5, 0.6) is 11.8 Å². The van der Waals surface area contributed by atoms with Crippen molar-refractivity contribution in [3.8, 4) is 11.8 Å². The maximum absolute atomic E-state index is 12.0. The first-order valence-electron chi connectivity index (χ1n) is 5.02. The number of hydrogen-bond acceptors (Lipinski definition) is 5. The minimum Gasteiger partial charge on any atom is -0.481 e. The van der Waals surface area contributed by atoms with Gasteiger partial charge >= 0.3 is 0 Å². The van der Waals surface area contributed by atoms with Crippen LogP contribution in [0.4, 0.5) is 0 Å². The number of ether oxygens (including phenoxy) is 2. The van der Waals surface area contributed by atoms with Gasteiger partial charge in [0.25, 0.3) is 0 Å². The Balaban J connectivity index is 3.22. The van der Waals surface area contributed by atoms with Crippen LogP contribution < -0.4 is 14.2 Å². The van der Waals surface area contributed by atoms with Crippen LogP contribution in [0.2, 0.25) is 0 Å². The lowest BCUT2D eigenvalue weighted by molar-refractivity contribution is 0.356. The lowest BCUT2D eigenvalue weighted by Crippen LogP contribution is -2.30. The van der Waals surface area contributed by atoms with Gasteiger partial charge in [-0.2, -0.15) is 4.98 Å². The van der Waals surface area contributed by atoms with E-state index in [0.717, 1.165) is 0 Å². The fraction of sp³-hybridized carbons (Fsp3) is 0.500. The van der Waals surface area contributed by atoms with Crippen LogP contribution in [0, 0.1) is 0 Å². The van der Waals surface area contributed by atoms with E-state index in [1.54, 1.807) is 13.8 Å². The molecule has 7 heteroatoms. The van der Waals surface area contributed by atoms with Gasteiger partial charge in [-0.1, -0.05) is 0 Å². The molecule has 0 unspecified atom stereocenters. The number of methoxy groups -OCH3 is 2. The van der Waals surface area contributed by atoms with Gasteiger partial charge < -0.3 is 9.47 Å². The number of sulfonamides is 1. The van der Waals surface area contributed by atoms with Gasteiger partial charge in [-0.05, 0) is 19.9 Å². The van der Waals surface area contributed by atoms with Gasteiger partial charge in [0, 0.05) is 12.1 Å². The highest BCUT2D eigenvalue weighted by Crippen LogP contribution is 2.24. The van der Waals surface area contributed by atoms with Crippen LogP contribution in [0.1, 0.15) is 13.8 Å². The predicted octanol–water partition coefficient (Wildman–Crippen LogP) is 0.785. The van der Waals surface area contributed by atoms with Crippen LogP contribution >= 0.6 is 0 Å². The molecule has 0 aromatic carbocycles. The molecule has 0 radical (unpaired) electrons. The molecule has 0 fully saturated rings. The third-order valence-corrected chi connectivity index (χ3v) is 3.55. The first-order chi connectivity index (χ1) is 7.90. The number of hydrogen-bond donors (Lipinski definition) is 1. The summed E-state index contributed by atoms with van der Waals surface area (Å²) in [5.41, 5.74) is 0. The van der Waals surface area contributed by atoms with Crippen molar-refractivity contribution in [2.45, 2.75) is 24.8 Å². The average Bonchev–Trinajstić information content (AvgIpc) is 2.26. The van der Waals surface area contributed by atoms with Crippen molar-refractivity contribution in [2.75, 3.05) is 14.2 Å². The largest absolute Gasteiger partial charge is 0.481 e. The fourth-order valence-corrected chi connectivity index (χ4v) is 2.60. The standard InChI is InChI=1S/C10H16N2O4S/c1-7(2)12-17(13,14)8-5-6-9(15-3)11-10(8)16-4/h5-7,12H,1-4H3. The van der Waals surface area contributed by atoms with E-state index in [9.17, 15) is 8.42 Å². The van der Waals surface area contributed by atoms with E-state index in [4.69, 9.17) is 9.47 Å². The average molecular weight is 260 g/mol. The SMILES string of the molecule is COc1ccc(S(=O)(=O)NC(C)C)c(OC)n1. The molecule has 0 aliphatic rings. The zero-order valence-corrected chi connectivity index (χ0v) is 11.0. The third-order valence-electron chi connectivity index (χ3n) is 1.88. The van der Waals surface area contributed by atoms with E-state index in [0.29, 0.717) is 5.88 Å². The summed E-state index contributed by atoms with van der Waals surface area (Å²) in [6.07, 6.45) is 0. The van der Waals surface area contributed by atoms with Crippen molar-refractivity contribution in [3.05, 3.63) is 12.1 Å². The number of nitrogens with one attached hydrogen (secondary N) is 1. The minimum absolute atomic E-state index is 0.00509. The smallest absolute Gasteiger partial charge is 0.246 e. The van der Waals surface area contributed by atoms with Gasteiger partial charge in [0.05, 0.1) is 14.2 Å². The number of nitrogens with zero attached hydrogens (tertiary/aromatic N) is 1. The van der Waals surface area contributed by atoms with Crippen LogP contribution in [-0.4, -0.2) is 33.7 Å². The van der Waals surface area contributed by atoms with Gasteiger partial charge in [-0.15, -0.1) is 0 Å². The van der Waals surface area contributed by atoms with Crippen molar-refractivity contribution in [1.82, 2.24) is 9.71 Å². The summed E-state index contributed by atoms with van der Waals surface area (Å²) in [7, 11) is -0.816. The molecular formula is C10H16N2O4S. The van der Waals surface area contributed by atoms with E-state index >= 15 is 0 Å². The van der Waals surface area contributed by atoms with Crippen molar-refractivity contribution in [3.63, 3.8) is 0 Å². The summed E-state index contributed by atoms with van der Waals surface area (Å²) in [5, 5.41) is 0. The Hall–Kier alpha value is -1.34. The minimum atomic E-state index is -3.62. The molecule has 1 aromatic rings. The zero-order chi connectivity index (χ0) is 13.1. The molecule has 0 aliphatic carbocycles. The Morgan fingerprint density at radius 2 is 1.88 bits per heavy atom. The van der Waals surface area contributed by atoms with Crippen molar-refractivity contribution >= 4 is 10.0 Å². The molecule has 0 saturated heterocycles. The molecule has 0 saturated carbocycles. The zero-order valence-electron chi connectivity index (χ0n) is 10.2. The molecule has 96 valence electrons. The van der Waals surface area contributed by atoms with Crippen LogP contribution in [0.3, 0.4) is 0 Å². The molecule has 0 spiro atoms. The van der Waals surface area contributed by atoms with Crippen LogP contribution in [-0.2, 0) is 10.0 Å². The second-order valence-electron chi connectivity index (χ2n) is 3.64. The number of pyridine rings is 1. The highest BCUT2D eigenvalue weighted by atomic mass is 32.2. The van der Waals surface area contributed by atoms with Crippen molar-refractivity contribution in [1.29, 1.82) is 0 Å². The van der Waals surface area contributed by atoms with Gasteiger partial charge in [0.1, 0.15) is 4.90 Å². The summed E-state index contributed by atoms with van der Waals surface area (Å²) in [5.74, 6) is 0.308. The first kappa shape index (κ1) is 13.7. The van der Waals surface area contributed by atoms with E-state index in [1.165, 1.54) is 26.4 Å². The van der Waals surface area contributed by atoms with Gasteiger partial charge in [-0.25, -0.2) is 13.1 Å². The highest BCUT2D eigenvalue weighted by Gasteiger charge is 2.22. The Bertz CT molecular complexity index is 485. The normalized spacial score (nSPS) is 11.6. The lowest BCUT2D eigenvalue weighted by atomic mass is 10.4. The second kappa shape index (κ2) is 5.33. The highest BCUT2D eigenvalue weighted by molar-refractivity contribution is 7.89. The van der Waals surface area contributed by atoms with Gasteiger partial charge in [0.2, 0.25) is 21.8 Å². The van der Waals surface area contributed by atoms with Crippen LogP contribution in [0.15, 0.2) is 17.0 Å². The van der Waals surface area contributed by atoms with E-state index in [2.05, 4.69) is 9.71 Å². The molecule has 6 nitrogen and oxygen atoms in total.